The molecule has 0 fully saturated rings. The number of nitriles is 1. The summed E-state index contributed by atoms with van der Waals surface area (Å²) in [7, 11) is -2.08. The summed E-state index contributed by atoms with van der Waals surface area (Å²) in [6.07, 6.45) is 0.299. The molecule has 1 aromatic carbocycles. The molecule has 0 bridgehead atoms. The molecule has 0 saturated carbocycles. The maximum absolute atomic E-state index is 12.2. The average molecular weight is 294 g/mol. The SMILES string of the molecule is CNS(=O)(=O)c1cc(C(C)C)c(CC#N)cc1C(C)C. The third kappa shape index (κ3) is 3.38. The van der Waals surface area contributed by atoms with E-state index in [-0.39, 0.29) is 11.8 Å². The largest absolute Gasteiger partial charge is 0.240 e. The molecule has 0 unspecified atom stereocenters. The summed E-state index contributed by atoms with van der Waals surface area (Å²) in [6.45, 7) is 7.91. The highest BCUT2D eigenvalue weighted by molar-refractivity contribution is 7.89. The predicted octanol–water partition coefficient (Wildman–Crippen LogP) is 2.91. The fraction of sp³-hybridized carbons (Fsp3) is 0.533. The Labute approximate surface area is 121 Å². The highest BCUT2D eigenvalue weighted by Crippen LogP contribution is 2.31. The van der Waals surface area contributed by atoms with E-state index < -0.39 is 10.0 Å². The molecule has 4 nitrogen and oxygen atoms in total. The second-order valence-corrected chi connectivity index (χ2v) is 7.30. The van der Waals surface area contributed by atoms with Crippen molar-refractivity contribution >= 4 is 10.0 Å². The van der Waals surface area contributed by atoms with Crippen LogP contribution in [0.3, 0.4) is 0 Å². The van der Waals surface area contributed by atoms with E-state index in [2.05, 4.69) is 10.8 Å². The molecule has 0 aliphatic rings. The Morgan fingerprint density at radius 1 is 1.15 bits per heavy atom. The van der Waals surface area contributed by atoms with Crippen LogP contribution in [0.5, 0.6) is 0 Å². The molecule has 0 radical (unpaired) electrons. The average Bonchev–Trinajstić information content (AvgIpc) is 2.38. The molecule has 0 aromatic heterocycles. The number of nitrogens with one attached hydrogen (secondary N) is 1. The molecule has 1 N–H and O–H groups in total. The van der Waals surface area contributed by atoms with Gasteiger partial charge in [0.15, 0.2) is 0 Å². The number of rotatable bonds is 5. The van der Waals surface area contributed by atoms with E-state index in [4.69, 9.17) is 5.26 Å². The highest BCUT2D eigenvalue weighted by Gasteiger charge is 2.22. The molecule has 5 heteroatoms. The third-order valence-electron chi connectivity index (χ3n) is 3.34. The molecule has 1 aromatic rings. The van der Waals surface area contributed by atoms with Crippen molar-refractivity contribution in [3.8, 4) is 6.07 Å². The van der Waals surface area contributed by atoms with E-state index in [1.807, 2.05) is 33.8 Å². The van der Waals surface area contributed by atoms with E-state index >= 15 is 0 Å². The molecule has 1 rings (SSSR count). The molecule has 0 saturated heterocycles. The van der Waals surface area contributed by atoms with E-state index in [0.29, 0.717) is 11.3 Å². The monoisotopic (exact) mass is 294 g/mol. The zero-order valence-electron chi connectivity index (χ0n) is 12.7. The van der Waals surface area contributed by atoms with Crippen LogP contribution in [0.1, 0.15) is 56.2 Å². The van der Waals surface area contributed by atoms with Crippen LogP contribution in [0.4, 0.5) is 0 Å². The molecule has 0 amide bonds. The molecule has 0 aliphatic carbocycles. The van der Waals surface area contributed by atoms with Crippen LogP contribution in [0.2, 0.25) is 0 Å². The van der Waals surface area contributed by atoms with Crippen LogP contribution in [0.25, 0.3) is 0 Å². The summed E-state index contributed by atoms with van der Waals surface area (Å²) in [5.74, 6) is 0.247. The lowest BCUT2D eigenvalue weighted by atomic mass is 9.91. The van der Waals surface area contributed by atoms with Crippen LogP contribution in [-0.2, 0) is 16.4 Å². The third-order valence-corrected chi connectivity index (χ3v) is 4.81. The Hall–Kier alpha value is -1.38. The lowest BCUT2D eigenvalue weighted by molar-refractivity contribution is 0.585. The normalized spacial score (nSPS) is 11.9. The van der Waals surface area contributed by atoms with Gasteiger partial charge in [0.25, 0.3) is 0 Å². The van der Waals surface area contributed by atoms with Gasteiger partial charge in [-0.1, -0.05) is 33.8 Å². The van der Waals surface area contributed by atoms with Gasteiger partial charge in [0.1, 0.15) is 0 Å². The van der Waals surface area contributed by atoms with Gasteiger partial charge in [0, 0.05) is 0 Å². The molecular weight excluding hydrogens is 272 g/mol. The maximum Gasteiger partial charge on any atom is 0.240 e. The standard InChI is InChI=1S/C15H22N2O2S/c1-10(2)13-9-15(20(18,19)17-5)14(11(3)4)8-12(13)6-7-16/h8-11,17H,6H2,1-5H3. The van der Waals surface area contributed by atoms with Crippen LogP contribution in [-0.4, -0.2) is 15.5 Å². The minimum absolute atomic E-state index is 0.0757. The number of sulfonamides is 1. The van der Waals surface area contributed by atoms with Gasteiger partial charge < -0.3 is 0 Å². The van der Waals surface area contributed by atoms with Gasteiger partial charge in [-0.05, 0) is 41.6 Å². The summed E-state index contributed by atoms with van der Waals surface area (Å²) in [6, 6.07) is 5.74. The highest BCUT2D eigenvalue weighted by atomic mass is 32.2. The van der Waals surface area contributed by atoms with Crippen molar-refractivity contribution in [2.75, 3.05) is 7.05 Å². The Balaban J connectivity index is 3.67. The Bertz CT molecular complexity index is 626. The van der Waals surface area contributed by atoms with Gasteiger partial charge >= 0.3 is 0 Å². The van der Waals surface area contributed by atoms with E-state index in [0.717, 1.165) is 16.7 Å². The van der Waals surface area contributed by atoms with Crippen LogP contribution in [0, 0.1) is 11.3 Å². The van der Waals surface area contributed by atoms with E-state index in [1.165, 1.54) is 7.05 Å². The molecule has 0 spiro atoms. The molecule has 20 heavy (non-hydrogen) atoms. The van der Waals surface area contributed by atoms with Gasteiger partial charge in [0.05, 0.1) is 17.4 Å². The Morgan fingerprint density at radius 3 is 2.10 bits per heavy atom. The topological polar surface area (TPSA) is 70.0 Å². The lowest BCUT2D eigenvalue weighted by Gasteiger charge is -2.19. The van der Waals surface area contributed by atoms with Crippen LogP contribution >= 0.6 is 0 Å². The summed E-state index contributed by atoms with van der Waals surface area (Å²) in [4.78, 5) is 0.320. The number of hydrogen-bond donors (Lipinski definition) is 1. The minimum Gasteiger partial charge on any atom is -0.214 e. The van der Waals surface area contributed by atoms with Gasteiger partial charge in [-0.2, -0.15) is 5.26 Å². The van der Waals surface area contributed by atoms with Crippen molar-refractivity contribution in [2.24, 2.45) is 0 Å². The van der Waals surface area contributed by atoms with Crippen LogP contribution < -0.4 is 4.72 Å². The Kier molecular flexibility index (Phi) is 5.32. The first-order chi connectivity index (χ1) is 9.24. The van der Waals surface area contributed by atoms with Crippen molar-refractivity contribution < 1.29 is 8.42 Å². The predicted molar refractivity (Wildman–Crippen MR) is 80.2 cm³/mol. The fourth-order valence-corrected chi connectivity index (χ4v) is 3.34. The maximum atomic E-state index is 12.2. The first-order valence-electron chi connectivity index (χ1n) is 6.71. The second-order valence-electron chi connectivity index (χ2n) is 5.44. The van der Waals surface area contributed by atoms with Crippen molar-refractivity contribution in [3.63, 3.8) is 0 Å². The van der Waals surface area contributed by atoms with E-state index in [1.54, 1.807) is 6.07 Å². The van der Waals surface area contributed by atoms with Crippen molar-refractivity contribution in [1.82, 2.24) is 4.72 Å². The Morgan fingerprint density at radius 2 is 1.70 bits per heavy atom. The summed E-state index contributed by atoms with van der Waals surface area (Å²) < 4.78 is 26.8. The number of nitrogens with zero attached hydrogens (tertiary/aromatic N) is 1. The molecule has 0 heterocycles. The summed E-state index contributed by atoms with van der Waals surface area (Å²) in [5, 5.41) is 8.95. The van der Waals surface area contributed by atoms with Gasteiger partial charge in [-0.3, -0.25) is 0 Å². The zero-order valence-corrected chi connectivity index (χ0v) is 13.5. The van der Waals surface area contributed by atoms with Gasteiger partial charge in [-0.15, -0.1) is 0 Å². The first-order valence-corrected chi connectivity index (χ1v) is 8.20. The molecular formula is C15H22N2O2S. The molecule has 0 aliphatic heterocycles. The van der Waals surface area contributed by atoms with Gasteiger partial charge in [0.2, 0.25) is 10.0 Å². The summed E-state index contributed by atoms with van der Waals surface area (Å²) in [5.41, 5.74) is 2.60. The quantitative estimate of drug-likeness (QED) is 0.907. The van der Waals surface area contributed by atoms with E-state index in [9.17, 15) is 8.42 Å². The van der Waals surface area contributed by atoms with Crippen molar-refractivity contribution in [2.45, 2.75) is 50.8 Å². The zero-order chi connectivity index (χ0) is 15.5. The van der Waals surface area contributed by atoms with Crippen molar-refractivity contribution in [1.29, 1.82) is 5.26 Å². The van der Waals surface area contributed by atoms with Gasteiger partial charge in [-0.25, -0.2) is 13.1 Å². The summed E-state index contributed by atoms with van der Waals surface area (Å²) >= 11 is 0. The molecule has 0 atom stereocenters. The smallest absolute Gasteiger partial charge is 0.214 e. The number of benzene rings is 1. The molecule has 110 valence electrons. The second kappa shape index (κ2) is 6.38. The van der Waals surface area contributed by atoms with Crippen LogP contribution in [0.15, 0.2) is 17.0 Å². The first kappa shape index (κ1) is 16.7. The van der Waals surface area contributed by atoms with Crippen molar-refractivity contribution in [3.05, 3.63) is 28.8 Å². The number of hydrogen-bond acceptors (Lipinski definition) is 3. The fourth-order valence-electron chi connectivity index (χ4n) is 2.23. The minimum atomic E-state index is -3.49. The lowest BCUT2D eigenvalue weighted by Crippen LogP contribution is -2.21.